The van der Waals surface area contributed by atoms with Crippen LogP contribution < -0.4 is 5.32 Å². The van der Waals surface area contributed by atoms with Gasteiger partial charge in [-0.3, -0.25) is 0 Å². The Hall–Kier alpha value is -0.830. The highest BCUT2D eigenvalue weighted by Crippen LogP contribution is 2.67. The van der Waals surface area contributed by atoms with E-state index in [0.717, 1.165) is 13.1 Å². The zero-order chi connectivity index (χ0) is 14.2. The maximum atomic E-state index is 5.15. The van der Waals surface area contributed by atoms with Crippen molar-refractivity contribution in [2.75, 3.05) is 13.1 Å². The number of nitrogens with zero attached hydrogens (tertiary/aromatic N) is 1. The molecule has 0 radical (unpaired) electrons. The first kappa shape index (κ1) is 12.9. The van der Waals surface area contributed by atoms with Gasteiger partial charge in [0.05, 0.1) is 5.69 Å². The molecule has 20 heavy (non-hydrogen) atoms. The first-order valence-corrected chi connectivity index (χ1v) is 8.20. The molecular formula is C17H27N3. The van der Waals surface area contributed by atoms with Crippen molar-refractivity contribution in [3.63, 3.8) is 0 Å². The van der Waals surface area contributed by atoms with E-state index in [4.69, 9.17) is 4.98 Å². The molecule has 0 aromatic carbocycles. The van der Waals surface area contributed by atoms with E-state index in [-0.39, 0.29) is 10.8 Å². The van der Waals surface area contributed by atoms with Crippen molar-refractivity contribution < 1.29 is 0 Å². The Bertz CT molecular complexity index is 551. The molecular weight excluding hydrogens is 246 g/mol. The van der Waals surface area contributed by atoms with E-state index < -0.39 is 0 Å². The van der Waals surface area contributed by atoms with Gasteiger partial charge < -0.3 is 10.3 Å². The van der Waals surface area contributed by atoms with Crippen molar-refractivity contribution in [2.24, 2.45) is 5.41 Å². The average Bonchev–Trinajstić information content (AvgIpc) is 2.98. The maximum Gasteiger partial charge on any atom is 0.112 e. The molecule has 2 aliphatic carbocycles. The van der Waals surface area contributed by atoms with Crippen molar-refractivity contribution in [1.29, 1.82) is 0 Å². The van der Waals surface area contributed by atoms with Gasteiger partial charge in [-0.2, -0.15) is 0 Å². The summed E-state index contributed by atoms with van der Waals surface area (Å²) in [7, 11) is 0. The van der Waals surface area contributed by atoms with Crippen LogP contribution in [-0.4, -0.2) is 23.1 Å². The first-order valence-electron chi connectivity index (χ1n) is 8.20. The molecule has 110 valence electrons. The summed E-state index contributed by atoms with van der Waals surface area (Å²) in [6, 6.07) is 0. The van der Waals surface area contributed by atoms with E-state index in [1.807, 2.05) is 0 Å². The van der Waals surface area contributed by atoms with Crippen LogP contribution in [0.25, 0.3) is 0 Å². The molecule has 2 atom stereocenters. The van der Waals surface area contributed by atoms with Crippen molar-refractivity contribution >= 4 is 0 Å². The Morgan fingerprint density at radius 1 is 1.05 bits per heavy atom. The average molecular weight is 273 g/mol. The van der Waals surface area contributed by atoms with Crippen molar-refractivity contribution in [2.45, 2.75) is 70.1 Å². The van der Waals surface area contributed by atoms with Crippen LogP contribution in [0.5, 0.6) is 0 Å². The van der Waals surface area contributed by atoms with Gasteiger partial charge in [-0.05, 0) is 44.2 Å². The Kier molecular flexibility index (Phi) is 2.37. The van der Waals surface area contributed by atoms with Gasteiger partial charge in [-0.1, -0.05) is 27.7 Å². The molecule has 4 rings (SSSR count). The number of rotatable bonds is 1. The number of piperidine rings is 1. The van der Waals surface area contributed by atoms with E-state index >= 15 is 0 Å². The number of aromatic amines is 1. The zero-order valence-electron chi connectivity index (χ0n) is 13.3. The normalized spacial score (nSPS) is 37.1. The third-order valence-electron chi connectivity index (χ3n) is 7.11. The van der Waals surface area contributed by atoms with Crippen LogP contribution in [0.15, 0.2) is 0 Å². The lowest BCUT2D eigenvalue weighted by molar-refractivity contribution is 0.223. The van der Waals surface area contributed by atoms with Crippen LogP contribution in [0.1, 0.15) is 76.5 Å². The second-order valence-corrected chi connectivity index (χ2v) is 8.30. The van der Waals surface area contributed by atoms with E-state index in [9.17, 15) is 0 Å². The lowest BCUT2D eigenvalue weighted by Gasteiger charge is -2.35. The second-order valence-electron chi connectivity index (χ2n) is 8.30. The van der Waals surface area contributed by atoms with Gasteiger partial charge >= 0.3 is 0 Å². The molecule has 2 N–H and O–H groups in total. The fraction of sp³-hybridized carbons (Fsp3) is 0.824. The minimum Gasteiger partial charge on any atom is -0.345 e. The lowest BCUT2D eigenvalue weighted by Crippen LogP contribution is -2.39. The third kappa shape index (κ3) is 1.33. The number of nitrogens with one attached hydrogen (secondary N) is 2. The number of hydrogen-bond donors (Lipinski definition) is 2. The summed E-state index contributed by atoms with van der Waals surface area (Å²) < 4.78 is 0. The molecule has 3 nitrogen and oxygen atoms in total. The number of hydrogen-bond acceptors (Lipinski definition) is 2. The number of imidazole rings is 1. The van der Waals surface area contributed by atoms with Gasteiger partial charge in [0.25, 0.3) is 0 Å². The van der Waals surface area contributed by atoms with E-state index in [2.05, 4.69) is 38.0 Å². The van der Waals surface area contributed by atoms with E-state index in [0.29, 0.717) is 11.3 Å². The summed E-state index contributed by atoms with van der Waals surface area (Å²) in [6.07, 6.45) is 5.03. The minimum absolute atomic E-state index is 0.246. The molecule has 1 aromatic heterocycles. The highest BCUT2D eigenvalue weighted by atomic mass is 15.0. The zero-order valence-corrected chi connectivity index (χ0v) is 13.3. The summed E-state index contributed by atoms with van der Waals surface area (Å²) in [4.78, 5) is 8.93. The standard InChI is InChI=1S/C17H27N3/c1-15(2)11-5-6-17(15,4)13-12(11)19-14(20-13)16(3)7-9-18-10-8-16/h11,18H,5-10H2,1-4H3,(H,19,20). The van der Waals surface area contributed by atoms with Crippen LogP contribution in [0.2, 0.25) is 0 Å². The molecule has 3 heteroatoms. The molecule has 1 saturated heterocycles. The van der Waals surface area contributed by atoms with E-state index in [1.54, 1.807) is 0 Å². The van der Waals surface area contributed by atoms with Gasteiger partial charge in [-0.25, -0.2) is 4.98 Å². The Morgan fingerprint density at radius 3 is 2.40 bits per heavy atom. The molecule has 2 fully saturated rings. The van der Waals surface area contributed by atoms with Gasteiger partial charge in [-0.15, -0.1) is 0 Å². The molecule has 2 unspecified atom stereocenters. The summed E-state index contributed by atoms with van der Waals surface area (Å²) >= 11 is 0. The molecule has 1 aliphatic heterocycles. The predicted octanol–water partition coefficient (Wildman–Crippen LogP) is 3.23. The molecule has 0 amide bonds. The van der Waals surface area contributed by atoms with Crippen LogP contribution in [0, 0.1) is 5.41 Å². The second kappa shape index (κ2) is 3.68. The molecule has 2 bridgehead atoms. The quantitative estimate of drug-likeness (QED) is 0.825. The molecule has 3 aliphatic rings. The number of fused-ring (bicyclic) bond motifs is 5. The maximum absolute atomic E-state index is 5.15. The van der Waals surface area contributed by atoms with Crippen LogP contribution in [0.3, 0.4) is 0 Å². The third-order valence-corrected chi connectivity index (χ3v) is 7.11. The summed E-state index contributed by atoms with van der Waals surface area (Å²) in [6.45, 7) is 11.9. The van der Waals surface area contributed by atoms with Crippen LogP contribution in [-0.2, 0) is 10.8 Å². The number of aromatic nitrogens is 2. The Morgan fingerprint density at radius 2 is 1.75 bits per heavy atom. The highest BCUT2D eigenvalue weighted by molar-refractivity contribution is 5.43. The van der Waals surface area contributed by atoms with E-state index in [1.165, 1.54) is 42.9 Å². The largest absolute Gasteiger partial charge is 0.345 e. The van der Waals surface area contributed by atoms with Crippen molar-refractivity contribution in [3.05, 3.63) is 17.2 Å². The van der Waals surface area contributed by atoms with Crippen molar-refractivity contribution in [3.8, 4) is 0 Å². The van der Waals surface area contributed by atoms with Gasteiger partial charge in [0.1, 0.15) is 5.82 Å². The highest BCUT2D eigenvalue weighted by Gasteiger charge is 2.61. The van der Waals surface area contributed by atoms with Crippen molar-refractivity contribution in [1.82, 2.24) is 15.3 Å². The summed E-state index contributed by atoms with van der Waals surface area (Å²) in [5.74, 6) is 1.95. The van der Waals surface area contributed by atoms with Crippen LogP contribution in [0.4, 0.5) is 0 Å². The lowest BCUT2D eigenvalue weighted by atomic mass is 9.70. The fourth-order valence-electron chi connectivity index (χ4n) is 4.99. The Balaban J connectivity index is 1.78. The monoisotopic (exact) mass is 273 g/mol. The SMILES string of the molecule is CC1(c2nc3c([nH]2)C2CCC3(C)C2(C)C)CCNCC1. The van der Waals surface area contributed by atoms with Gasteiger partial charge in [0.2, 0.25) is 0 Å². The van der Waals surface area contributed by atoms with Gasteiger partial charge in [0, 0.05) is 22.4 Å². The molecule has 1 aromatic rings. The van der Waals surface area contributed by atoms with Gasteiger partial charge in [0.15, 0.2) is 0 Å². The topological polar surface area (TPSA) is 40.7 Å². The number of H-pyrrole nitrogens is 1. The smallest absolute Gasteiger partial charge is 0.112 e. The van der Waals surface area contributed by atoms with Crippen LogP contribution >= 0.6 is 0 Å². The molecule has 0 spiro atoms. The Labute approximate surface area is 122 Å². The minimum atomic E-state index is 0.246. The molecule has 1 saturated carbocycles. The first-order chi connectivity index (χ1) is 9.38. The summed E-state index contributed by atoms with van der Waals surface area (Å²) in [5, 5.41) is 3.47. The fourth-order valence-corrected chi connectivity index (χ4v) is 4.99. The molecule has 2 heterocycles. The summed E-state index contributed by atoms with van der Waals surface area (Å²) in [5.41, 5.74) is 3.77. The predicted molar refractivity (Wildman–Crippen MR) is 81.2 cm³/mol.